The molecule has 2 aromatic rings. The lowest BCUT2D eigenvalue weighted by Crippen LogP contribution is -2.25. The molecule has 148 valence electrons. The number of carbonyl (C=O) groups is 2. The van der Waals surface area contributed by atoms with Gasteiger partial charge < -0.3 is 10.6 Å². The summed E-state index contributed by atoms with van der Waals surface area (Å²) in [5.74, 6) is -1.07. The standard InChI is InChI=1S/C18H16ClFN2O4S2/c1-10(6-17(23)21-11-2-4-14(20)13(19)7-11)28(25,26)12-3-5-15-16(8-12)27-9-18(24)22-15/h2-5,7-8,10H,6,9H2,1H3,(H,21,23)(H,22,24). The van der Waals surface area contributed by atoms with Crippen LogP contribution in [0.4, 0.5) is 15.8 Å². The quantitative estimate of drug-likeness (QED) is 0.736. The second kappa shape index (κ2) is 8.10. The topological polar surface area (TPSA) is 92.3 Å². The van der Waals surface area contributed by atoms with Crippen LogP contribution in [0, 0.1) is 5.82 Å². The summed E-state index contributed by atoms with van der Waals surface area (Å²) in [6.45, 7) is 1.45. The van der Waals surface area contributed by atoms with Crippen LogP contribution in [0.5, 0.6) is 0 Å². The summed E-state index contributed by atoms with van der Waals surface area (Å²) in [4.78, 5) is 24.4. The Morgan fingerprint density at radius 3 is 2.79 bits per heavy atom. The highest BCUT2D eigenvalue weighted by Crippen LogP contribution is 2.34. The van der Waals surface area contributed by atoms with Crippen LogP contribution < -0.4 is 10.6 Å². The Morgan fingerprint density at radius 1 is 1.32 bits per heavy atom. The van der Waals surface area contributed by atoms with Crippen LogP contribution in [-0.4, -0.2) is 31.2 Å². The second-order valence-electron chi connectivity index (χ2n) is 6.23. The van der Waals surface area contributed by atoms with Gasteiger partial charge in [-0.3, -0.25) is 9.59 Å². The molecule has 0 aliphatic carbocycles. The Labute approximate surface area is 170 Å². The molecular weight excluding hydrogens is 427 g/mol. The minimum atomic E-state index is -3.76. The molecule has 28 heavy (non-hydrogen) atoms. The van der Waals surface area contributed by atoms with Crippen molar-refractivity contribution in [3.8, 4) is 0 Å². The molecule has 1 atom stereocenters. The lowest BCUT2D eigenvalue weighted by atomic mass is 10.2. The first-order valence-corrected chi connectivity index (χ1v) is 11.1. The number of benzene rings is 2. The van der Waals surface area contributed by atoms with Gasteiger partial charge in [0.25, 0.3) is 0 Å². The largest absolute Gasteiger partial charge is 0.326 e. The van der Waals surface area contributed by atoms with E-state index in [0.717, 1.165) is 6.07 Å². The summed E-state index contributed by atoms with van der Waals surface area (Å²) in [6, 6.07) is 8.16. The smallest absolute Gasteiger partial charge is 0.234 e. The number of hydrogen-bond donors (Lipinski definition) is 2. The molecule has 0 aromatic heterocycles. The van der Waals surface area contributed by atoms with Crippen molar-refractivity contribution in [1.29, 1.82) is 0 Å². The number of thioether (sulfide) groups is 1. The molecule has 0 saturated heterocycles. The third-order valence-corrected chi connectivity index (χ3v) is 7.60. The molecule has 10 heteroatoms. The molecule has 0 saturated carbocycles. The lowest BCUT2D eigenvalue weighted by Gasteiger charge is -2.18. The van der Waals surface area contributed by atoms with Gasteiger partial charge in [0, 0.05) is 17.0 Å². The monoisotopic (exact) mass is 442 g/mol. The molecule has 1 unspecified atom stereocenters. The Kier molecular flexibility index (Phi) is 5.97. The Morgan fingerprint density at radius 2 is 2.07 bits per heavy atom. The van der Waals surface area contributed by atoms with Gasteiger partial charge in [-0.2, -0.15) is 0 Å². The van der Waals surface area contributed by atoms with Crippen LogP contribution in [0.2, 0.25) is 5.02 Å². The van der Waals surface area contributed by atoms with Crippen LogP contribution in [0.15, 0.2) is 46.2 Å². The van der Waals surface area contributed by atoms with E-state index in [-0.39, 0.29) is 33.7 Å². The maximum absolute atomic E-state index is 13.2. The molecule has 0 bridgehead atoms. The van der Waals surface area contributed by atoms with E-state index < -0.39 is 26.8 Å². The number of fused-ring (bicyclic) bond motifs is 1. The predicted octanol–water partition coefficient (Wildman–Crippen LogP) is 3.71. The van der Waals surface area contributed by atoms with Gasteiger partial charge in [0.05, 0.1) is 26.6 Å². The summed E-state index contributed by atoms with van der Waals surface area (Å²) in [6.07, 6.45) is -0.279. The molecule has 0 fully saturated rings. The zero-order valence-electron chi connectivity index (χ0n) is 14.7. The fraction of sp³-hybridized carbons (Fsp3) is 0.222. The van der Waals surface area contributed by atoms with Crippen LogP contribution in [0.3, 0.4) is 0 Å². The van der Waals surface area contributed by atoms with E-state index in [1.807, 2.05) is 0 Å². The third-order valence-electron chi connectivity index (χ3n) is 4.12. The average molecular weight is 443 g/mol. The van der Waals surface area contributed by atoms with Crippen molar-refractivity contribution in [2.24, 2.45) is 0 Å². The van der Waals surface area contributed by atoms with E-state index in [2.05, 4.69) is 10.6 Å². The molecule has 1 heterocycles. The van der Waals surface area contributed by atoms with Gasteiger partial charge in [-0.15, -0.1) is 11.8 Å². The molecule has 3 rings (SSSR count). The molecule has 0 radical (unpaired) electrons. The van der Waals surface area contributed by atoms with Crippen LogP contribution >= 0.6 is 23.4 Å². The molecular formula is C18H16ClFN2O4S2. The van der Waals surface area contributed by atoms with Crippen molar-refractivity contribution in [2.45, 2.75) is 28.4 Å². The fourth-order valence-corrected chi connectivity index (χ4v) is 5.09. The van der Waals surface area contributed by atoms with E-state index in [0.29, 0.717) is 10.6 Å². The SMILES string of the molecule is CC(CC(=O)Nc1ccc(F)c(Cl)c1)S(=O)(=O)c1ccc2c(c1)SCC(=O)N2. The maximum atomic E-state index is 13.2. The van der Waals surface area contributed by atoms with Gasteiger partial charge in [0.1, 0.15) is 5.82 Å². The predicted molar refractivity (Wildman–Crippen MR) is 107 cm³/mol. The highest BCUT2D eigenvalue weighted by atomic mass is 35.5. The molecule has 0 spiro atoms. The number of halogens is 2. The van der Waals surface area contributed by atoms with E-state index in [1.54, 1.807) is 6.07 Å². The summed E-state index contributed by atoms with van der Waals surface area (Å²) < 4.78 is 38.8. The first-order valence-electron chi connectivity index (χ1n) is 8.22. The average Bonchev–Trinajstić information content (AvgIpc) is 2.64. The number of sulfone groups is 1. The van der Waals surface area contributed by atoms with Crippen LogP contribution in [-0.2, 0) is 19.4 Å². The van der Waals surface area contributed by atoms with Gasteiger partial charge in [0.15, 0.2) is 9.84 Å². The maximum Gasteiger partial charge on any atom is 0.234 e. The van der Waals surface area contributed by atoms with Crippen molar-refractivity contribution >= 4 is 56.4 Å². The number of carbonyl (C=O) groups excluding carboxylic acids is 2. The second-order valence-corrected chi connectivity index (χ2v) is 10.0. The summed E-state index contributed by atoms with van der Waals surface area (Å²) in [5, 5.41) is 4.07. The first-order chi connectivity index (χ1) is 13.2. The lowest BCUT2D eigenvalue weighted by molar-refractivity contribution is -0.116. The van der Waals surface area contributed by atoms with E-state index in [4.69, 9.17) is 11.6 Å². The van der Waals surface area contributed by atoms with Crippen molar-refractivity contribution < 1.29 is 22.4 Å². The highest BCUT2D eigenvalue weighted by Gasteiger charge is 2.27. The van der Waals surface area contributed by atoms with Gasteiger partial charge in [0.2, 0.25) is 11.8 Å². The van der Waals surface area contributed by atoms with Crippen molar-refractivity contribution in [1.82, 2.24) is 0 Å². The Balaban J connectivity index is 1.72. The molecule has 6 nitrogen and oxygen atoms in total. The minimum Gasteiger partial charge on any atom is -0.326 e. The van der Waals surface area contributed by atoms with E-state index >= 15 is 0 Å². The Hall–Kier alpha value is -2.10. The van der Waals surface area contributed by atoms with Gasteiger partial charge >= 0.3 is 0 Å². The zero-order valence-corrected chi connectivity index (χ0v) is 17.1. The summed E-state index contributed by atoms with van der Waals surface area (Å²) in [5.41, 5.74) is 0.848. The normalized spacial score (nSPS) is 14.8. The molecule has 1 aliphatic heterocycles. The van der Waals surface area contributed by atoms with Crippen molar-refractivity contribution in [2.75, 3.05) is 16.4 Å². The van der Waals surface area contributed by atoms with Gasteiger partial charge in [-0.25, -0.2) is 12.8 Å². The zero-order chi connectivity index (χ0) is 20.5. The van der Waals surface area contributed by atoms with Gasteiger partial charge in [-0.05, 0) is 43.3 Å². The van der Waals surface area contributed by atoms with Gasteiger partial charge in [-0.1, -0.05) is 11.6 Å². The number of nitrogens with one attached hydrogen (secondary N) is 2. The van der Waals surface area contributed by atoms with E-state index in [1.165, 1.54) is 43.0 Å². The summed E-state index contributed by atoms with van der Waals surface area (Å²) in [7, 11) is -3.76. The number of amides is 2. The number of hydrogen-bond acceptors (Lipinski definition) is 5. The molecule has 2 amide bonds. The Bertz CT molecular complexity index is 1060. The summed E-state index contributed by atoms with van der Waals surface area (Å²) >= 11 is 6.93. The number of anilines is 2. The first kappa shape index (κ1) is 20.6. The minimum absolute atomic E-state index is 0.0834. The molecule has 2 aromatic carbocycles. The van der Waals surface area contributed by atoms with Crippen LogP contribution in [0.25, 0.3) is 0 Å². The van der Waals surface area contributed by atoms with Crippen molar-refractivity contribution in [3.05, 3.63) is 47.2 Å². The van der Waals surface area contributed by atoms with E-state index in [9.17, 15) is 22.4 Å². The highest BCUT2D eigenvalue weighted by molar-refractivity contribution is 8.00. The molecule has 2 N–H and O–H groups in total. The fourth-order valence-electron chi connectivity index (χ4n) is 2.62. The van der Waals surface area contributed by atoms with Crippen molar-refractivity contribution in [3.63, 3.8) is 0 Å². The van der Waals surface area contributed by atoms with Crippen LogP contribution in [0.1, 0.15) is 13.3 Å². The molecule has 1 aliphatic rings. The third kappa shape index (κ3) is 4.48. The number of rotatable bonds is 5.